The molecule has 0 saturated heterocycles. The summed E-state index contributed by atoms with van der Waals surface area (Å²) in [5.41, 5.74) is 2.12. The van der Waals surface area contributed by atoms with E-state index in [1.807, 2.05) is 24.3 Å². The number of rotatable bonds is 3. The average molecular weight is 372 g/mol. The van der Waals surface area contributed by atoms with Gasteiger partial charge in [0.15, 0.2) is 5.15 Å². The second-order valence-corrected chi connectivity index (χ2v) is 6.70. The lowest BCUT2D eigenvalue weighted by Gasteiger charge is -2.37. The lowest BCUT2D eigenvalue weighted by atomic mass is 9.76. The quantitative estimate of drug-likeness (QED) is 0.719. The number of hydrogen-bond donors (Lipinski definition) is 1. The first-order valence-corrected chi connectivity index (χ1v) is 8.00. The molecule has 1 aromatic carbocycles. The number of pyridine rings is 1. The van der Waals surface area contributed by atoms with Crippen LogP contribution in [-0.4, -0.2) is 11.0 Å². The minimum absolute atomic E-state index is 0.421. The molecule has 0 unspecified atom stereocenters. The van der Waals surface area contributed by atoms with Gasteiger partial charge in [0.1, 0.15) is 0 Å². The highest BCUT2D eigenvalue weighted by Gasteiger charge is 2.31. The van der Waals surface area contributed by atoms with Crippen molar-refractivity contribution in [3.8, 4) is 0 Å². The number of hydrogen-bond acceptors (Lipinski definition) is 2. The van der Waals surface area contributed by atoms with Gasteiger partial charge in [-0.3, -0.25) is 0 Å². The Bertz CT molecular complexity index is 627. The molecule has 104 valence electrons. The number of nitrogens with zero attached hydrogens (tertiary/aromatic N) is 1. The van der Waals surface area contributed by atoms with E-state index in [9.17, 15) is 0 Å². The van der Waals surface area contributed by atoms with Gasteiger partial charge in [-0.15, -0.1) is 0 Å². The fourth-order valence-corrected chi connectivity index (χ4v) is 3.32. The molecule has 1 saturated carbocycles. The summed E-state index contributed by atoms with van der Waals surface area (Å²) >= 11 is 15.7. The summed E-state index contributed by atoms with van der Waals surface area (Å²) in [5.74, 6) is 0.528. The van der Waals surface area contributed by atoms with E-state index < -0.39 is 0 Å². The van der Waals surface area contributed by atoms with E-state index in [-0.39, 0.29) is 0 Å². The molecular weight excluding hydrogens is 359 g/mol. The molecule has 2 aromatic rings. The normalized spacial score (nSPS) is 21.4. The highest BCUT2D eigenvalue weighted by Crippen LogP contribution is 2.41. The van der Waals surface area contributed by atoms with Crippen LogP contribution in [0, 0.1) is 0 Å². The summed E-state index contributed by atoms with van der Waals surface area (Å²) in [5, 5.41) is 4.81. The average Bonchev–Trinajstić information content (AvgIpc) is 2.38. The van der Waals surface area contributed by atoms with E-state index in [0.29, 0.717) is 17.1 Å². The zero-order valence-electron chi connectivity index (χ0n) is 10.6. The Kier molecular flexibility index (Phi) is 4.20. The molecule has 1 aromatic heterocycles. The first-order valence-electron chi connectivity index (χ1n) is 6.45. The third kappa shape index (κ3) is 2.95. The van der Waals surface area contributed by atoms with Crippen LogP contribution in [0.2, 0.25) is 10.2 Å². The number of anilines is 1. The van der Waals surface area contributed by atoms with Crippen LogP contribution in [0.25, 0.3) is 0 Å². The van der Waals surface area contributed by atoms with Gasteiger partial charge < -0.3 is 5.32 Å². The first-order chi connectivity index (χ1) is 9.63. The molecule has 0 radical (unpaired) electrons. The Hall–Kier alpha value is -0.770. The largest absolute Gasteiger partial charge is 0.380 e. The fraction of sp³-hybridized carbons (Fsp3) is 0.267. The van der Waals surface area contributed by atoms with Gasteiger partial charge in [0.2, 0.25) is 0 Å². The SMILES string of the molecule is Clc1ccccc1C1CC(Nc2cc(Br)cnc2Cl)C1. The smallest absolute Gasteiger partial charge is 0.152 e. The number of benzene rings is 1. The third-order valence-electron chi connectivity index (χ3n) is 3.65. The Morgan fingerprint density at radius 2 is 1.95 bits per heavy atom. The lowest BCUT2D eigenvalue weighted by molar-refractivity contribution is 0.374. The molecule has 1 aliphatic rings. The minimum Gasteiger partial charge on any atom is -0.380 e. The Morgan fingerprint density at radius 3 is 2.70 bits per heavy atom. The standard InChI is InChI=1S/C15H13BrCl2N2/c16-10-7-14(15(18)19-8-10)20-11-5-9(6-11)12-3-1-2-4-13(12)17/h1-4,7-9,11,20H,5-6H2. The van der Waals surface area contributed by atoms with Gasteiger partial charge in [-0.25, -0.2) is 4.98 Å². The van der Waals surface area contributed by atoms with Crippen LogP contribution < -0.4 is 5.32 Å². The Balaban J connectivity index is 1.64. The third-order valence-corrected chi connectivity index (χ3v) is 4.73. The van der Waals surface area contributed by atoms with Crippen LogP contribution in [0.5, 0.6) is 0 Å². The van der Waals surface area contributed by atoms with Crippen molar-refractivity contribution in [2.24, 2.45) is 0 Å². The maximum atomic E-state index is 6.23. The summed E-state index contributed by atoms with van der Waals surface area (Å²) in [6, 6.07) is 10.4. The van der Waals surface area contributed by atoms with Gasteiger partial charge in [0, 0.05) is 21.7 Å². The molecule has 0 amide bonds. The maximum Gasteiger partial charge on any atom is 0.152 e. The summed E-state index contributed by atoms with van der Waals surface area (Å²) in [6.45, 7) is 0. The zero-order valence-corrected chi connectivity index (χ0v) is 13.7. The van der Waals surface area contributed by atoms with Crippen LogP contribution in [0.4, 0.5) is 5.69 Å². The Labute approximate surface area is 136 Å². The molecule has 1 fully saturated rings. The van der Waals surface area contributed by atoms with E-state index >= 15 is 0 Å². The highest BCUT2D eigenvalue weighted by molar-refractivity contribution is 9.10. The molecule has 2 nitrogen and oxygen atoms in total. The molecule has 0 bridgehead atoms. The predicted octanol–water partition coefficient (Wildman–Crippen LogP) is 5.51. The molecule has 1 aliphatic carbocycles. The molecule has 20 heavy (non-hydrogen) atoms. The molecule has 0 atom stereocenters. The van der Waals surface area contributed by atoms with Crippen LogP contribution in [0.1, 0.15) is 24.3 Å². The molecule has 5 heteroatoms. The van der Waals surface area contributed by atoms with Crippen molar-refractivity contribution in [3.63, 3.8) is 0 Å². The van der Waals surface area contributed by atoms with Gasteiger partial charge in [-0.1, -0.05) is 41.4 Å². The monoisotopic (exact) mass is 370 g/mol. The highest BCUT2D eigenvalue weighted by atomic mass is 79.9. The summed E-state index contributed by atoms with van der Waals surface area (Å²) in [6.07, 6.45) is 3.82. The van der Waals surface area contributed by atoms with Crippen molar-refractivity contribution < 1.29 is 0 Å². The van der Waals surface area contributed by atoms with Crippen LogP contribution >= 0.6 is 39.1 Å². The van der Waals surface area contributed by atoms with Gasteiger partial charge in [0.25, 0.3) is 0 Å². The van der Waals surface area contributed by atoms with Gasteiger partial charge >= 0.3 is 0 Å². The second kappa shape index (κ2) is 5.92. The van der Waals surface area contributed by atoms with Crippen LogP contribution in [0.15, 0.2) is 41.0 Å². The van der Waals surface area contributed by atoms with E-state index in [4.69, 9.17) is 23.2 Å². The van der Waals surface area contributed by atoms with Gasteiger partial charge in [-0.2, -0.15) is 0 Å². The number of nitrogens with one attached hydrogen (secondary N) is 1. The summed E-state index contributed by atoms with van der Waals surface area (Å²) in [7, 11) is 0. The van der Waals surface area contributed by atoms with Gasteiger partial charge in [-0.05, 0) is 52.4 Å². The van der Waals surface area contributed by atoms with Crippen molar-refractivity contribution in [2.45, 2.75) is 24.8 Å². The van der Waals surface area contributed by atoms with Crippen molar-refractivity contribution in [2.75, 3.05) is 5.32 Å². The zero-order chi connectivity index (χ0) is 14.1. The topological polar surface area (TPSA) is 24.9 Å². The molecule has 0 aliphatic heterocycles. The second-order valence-electron chi connectivity index (χ2n) is 5.02. The number of halogens is 3. The molecule has 1 heterocycles. The van der Waals surface area contributed by atoms with Crippen molar-refractivity contribution in [3.05, 3.63) is 56.7 Å². The molecule has 1 N–H and O–H groups in total. The minimum atomic E-state index is 0.421. The fourth-order valence-electron chi connectivity index (χ4n) is 2.54. The van der Waals surface area contributed by atoms with Gasteiger partial charge in [0.05, 0.1) is 5.69 Å². The molecule has 3 rings (SSSR count). The van der Waals surface area contributed by atoms with Crippen molar-refractivity contribution in [1.29, 1.82) is 0 Å². The first kappa shape index (κ1) is 14.2. The van der Waals surface area contributed by atoms with E-state index in [2.05, 4.69) is 32.3 Å². The van der Waals surface area contributed by atoms with E-state index in [1.165, 1.54) is 5.56 Å². The van der Waals surface area contributed by atoms with Crippen molar-refractivity contribution >= 4 is 44.8 Å². The number of aromatic nitrogens is 1. The predicted molar refractivity (Wildman–Crippen MR) is 87.8 cm³/mol. The molecular formula is C15H13BrCl2N2. The lowest BCUT2D eigenvalue weighted by Crippen LogP contribution is -2.34. The summed E-state index contributed by atoms with van der Waals surface area (Å²) < 4.78 is 0.923. The summed E-state index contributed by atoms with van der Waals surface area (Å²) in [4.78, 5) is 4.12. The van der Waals surface area contributed by atoms with Crippen LogP contribution in [-0.2, 0) is 0 Å². The Morgan fingerprint density at radius 1 is 1.20 bits per heavy atom. The van der Waals surface area contributed by atoms with E-state index in [1.54, 1.807) is 6.20 Å². The van der Waals surface area contributed by atoms with Crippen LogP contribution in [0.3, 0.4) is 0 Å². The maximum absolute atomic E-state index is 6.23. The molecule has 0 spiro atoms. The van der Waals surface area contributed by atoms with E-state index in [0.717, 1.165) is 28.0 Å². The van der Waals surface area contributed by atoms with Crippen molar-refractivity contribution in [1.82, 2.24) is 4.98 Å².